The third-order valence-electron chi connectivity index (χ3n) is 7.57. The molecule has 3 aromatic carbocycles. The number of para-hydroxylation sites is 1. The highest BCUT2D eigenvalue weighted by atomic mass is 35.5. The van der Waals surface area contributed by atoms with Crippen molar-refractivity contribution >= 4 is 52.2 Å². The lowest BCUT2D eigenvalue weighted by Gasteiger charge is -2.34. The smallest absolute Gasteiger partial charge is 0.326 e. The second-order valence-electron chi connectivity index (χ2n) is 9.88. The van der Waals surface area contributed by atoms with Crippen LogP contribution in [0.15, 0.2) is 54.6 Å². The lowest BCUT2D eigenvalue weighted by Crippen LogP contribution is -2.41. The molecule has 2 amide bonds. The SMILES string of the molecule is C[C@H]1CN(C2CC2)CC1c1cc(-c2ccccc2Cl)c2c(c1)N(c1c(Cl)cccc1Cl)C(=O)NC2. The van der Waals surface area contributed by atoms with E-state index in [-0.39, 0.29) is 6.03 Å². The van der Waals surface area contributed by atoms with Crippen molar-refractivity contribution < 1.29 is 4.79 Å². The first-order chi connectivity index (χ1) is 16.9. The molecular weight excluding hydrogens is 501 g/mol. The summed E-state index contributed by atoms with van der Waals surface area (Å²) in [6, 6.07) is 18.1. The first kappa shape index (κ1) is 23.2. The van der Waals surface area contributed by atoms with Crippen molar-refractivity contribution in [2.75, 3.05) is 18.0 Å². The third-order valence-corrected chi connectivity index (χ3v) is 8.51. The molecule has 3 aliphatic rings. The molecule has 1 aliphatic carbocycles. The topological polar surface area (TPSA) is 35.6 Å². The molecule has 1 unspecified atom stereocenters. The number of carbonyl (C=O) groups is 1. The summed E-state index contributed by atoms with van der Waals surface area (Å²) < 4.78 is 0. The maximum Gasteiger partial charge on any atom is 0.326 e. The molecule has 0 bridgehead atoms. The van der Waals surface area contributed by atoms with Gasteiger partial charge in [0.1, 0.15) is 0 Å². The molecule has 1 N–H and O–H groups in total. The highest BCUT2D eigenvalue weighted by Gasteiger charge is 2.40. The number of benzene rings is 3. The minimum Gasteiger partial charge on any atom is -0.333 e. The fourth-order valence-electron chi connectivity index (χ4n) is 5.65. The number of nitrogens with one attached hydrogen (secondary N) is 1. The summed E-state index contributed by atoms with van der Waals surface area (Å²) in [6.07, 6.45) is 2.60. The van der Waals surface area contributed by atoms with Gasteiger partial charge in [0.25, 0.3) is 0 Å². The zero-order valence-electron chi connectivity index (χ0n) is 19.4. The van der Waals surface area contributed by atoms with E-state index in [2.05, 4.69) is 29.3 Å². The zero-order valence-corrected chi connectivity index (χ0v) is 21.7. The second kappa shape index (κ2) is 9.01. The van der Waals surface area contributed by atoms with Crippen LogP contribution in [0.1, 0.15) is 36.8 Å². The Bertz CT molecular complexity index is 1300. The number of anilines is 2. The van der Waals surface area contributed by atoms with Crippen molar-refractivity contribution in [2.45, 2.75) is 38.3 Å². The third kappa shape index (κ3) is 4.11. The number of likely N-dealkylation sites (tertiary alicyclic amines) is 1. The van der Waals surface area contributed by atoms with Crippen molar-refractivity contribution in [3.8, 4) is 11.1 Å². The quantitative estimate of drug-likeness (QED) is 0.375. The maximum absolute atomic E-state index is 13.3. The Morgan fingerprint density at radius 1 is 0.886 bits per heavy atom. The average Bonchev–Trinajstić information content (AvgIpc) is 3.61. The van der Waals surface area contributed by atoms with Crippen molar-refractivity contribution in [2.24, 2.45) is 5.92 Å². The van der Waals surface area contributed by atoms with E-state index >= 15 is 0 Å². The number of nitrogens with zero attached hydrogens (tertiary/aromatic N) is 2. The molecule has 3 aromatic rings. The zero-order chi connectivity index (χ0) is 24.3. The van der Waals surface area contributed by atoms with Crippen LogP contribution in [0.25, 0.3) is 11.1 Å². The Morgan fingerprint density at radius 2 is 1.60 bits per heavy atom. The van der Waals surface area contributed by atoms with Gasteiger partial charge in [0, 0.05) is 47.7 Å². The van der Waals surface area contributed by atoms with Gasteiger partial charge in [-0.1, -0.05) is 72.1 Å². The van der Waals surface area contributed by atoms with Gasteiger partial charge < -0.3 is 5.32 Å². The van der Waals surface area contributed by atoms with Crippen LogP contribution in [0.2, 0.25) is 15.1 Å². The van der Waals surface area contributed by atoms with Gasteiger partial charge in [-0.15, -0.1) is 0 Å². The van der Waals surface area contributed by atoms with Crippen molar-refractivity contribution in [1.82, 2.24) is 10.2 Å². The van der Waals surface area contributed by atoms with Gasteiger partial charge in [-0.05, 0) is 54.2 Å². The van der Waals surface area contributed by atoms with Crippen LogP contribution < -0.4 is 10.2 Å². The summed E-state index contributed by atoms with van der Waals surface area (Å²) in [4.78, 5) is 17.5. The van der Waals surface area contributed by atoms with Gasteiger partial charge in [0.05, 0.1) is 21.4 Å². The van der Waals surface area contributed by atoms with Crippen LogP contribution in [0.3, 0.4) is 0 Å². The van der Waals surface area contributed by atoms with Gasteiger partial charge in [-0.2, -0.15) is 0 Å². The molecule has 35 heavy (non-hydrogen) atoms. The van der Waals surface area contributed by atoms with Crippen LogP contribution in [-0.2, 0) is 6.54 Å². The van der Waals surface area contributed by atoms with Crippen LogP contribution in [0, 0.1) is 5.92 Å². The van der Waals surface area contributed by atoms with E-state index in [1.165, 1.54) is 18.4 Å². The average molecular weight is 527 g/mol. The lowest BCUT2D eigenvalue weighted by molar-refractivity contribution is 0.247. The highest BCUT2D eigenvalue weighted by Crippen LogP contribution is 2.47. The first-order valence-electron chi connectivity index (χ1n) is 12.1. The van der Waals surface area contributed by atoms with E-state index in [4.69, 9.17) is 34.8 Å². The number of hydrogen-bond donors (Lipinski definition) is 1. The Kier molecular flexibility index (Phi) is 5.96. The number of urea groups is 1. The summed E-state index contributed by atoms with van der Waals surface area (Å²) in [5.74, 6) is 0.887. The molecule has 1 saturated heterocycles. The summed E-state index contributed by atoms with van der Waals surface area (Å²) in [5.41, 5.74) is 5.52. The Morgan fingerprint density at radius 3 is 2.31 bits per heavy atom. The lowest BCUT2D eigenvalue weighted by atomic mass is 9.85. The van der Waals surface area contributed by atoms with Gasteiger partial charge in [-0.25, -0.2) is 4.79 Å². The van der Waals surface area contributed by atoms with E-state index in [0.29, 0.717) is 39.1 Å². The standard InChI is InChI=1S/C28H26Cl3N3O/c1-16-14-33(18-9-10-18)15-22(16)17-11-20(19-5-2-3-6-23(19)29)21-13-32-28(35)34(26(21)12-17)27-24(30)7-4-8-25(27)31/h2-8,11-12,16,18,22H,9-10,13-15H2,1H3,(H,32,35)/t16-,22?/m0/s1. The number of rotatable bonds is 4. The summed E-state index contributed by atoms with van der Waals surface area (Å²) in [7, 11) is 0. The van der Waals surface area contributed by atoms with Gasteiger partial charge in [-0.3, -0.25) is 9.80 Å². The molecule has 6 rings (SSSR count). The summed E-state index contributed by atoms with van der Waals surface area (Å²) in [6.45, 7) is 4.87. The largest absolute Gasteiger partial charge is 0.333 e. The molecule has 7 heteroatoms. The number of amides is 2. The first-order valence-corrected chi connectivity index (χ1v) is 13.2. The summed E-state index contributed by atoms with van der Waals surface area (Å²) >= 11 is 19.9. The van der Waals surface area contributed by atoms with E-state index in [1.54, 1.807) is 23.1 Å². The number of halogens is 3. The van der Waals surface area contributed by atoms with E-state index in [1.807, 2.05) is 24.3 Å². The van der Waals surface area contributed by atoms with E-state index in [9.17, 15) is 4.79 Å². The number of carbonyl (C=O) groups excluding carboxylic acids is 1. The van der Waals surface area contributed by atoms with Gasteiger partial charge >= 0.3 is 6.03 Å². The monoisotopic (exact) mass is 525 g/mol. The molecule has 1 saturated carbocycles. The van der Waals surface area contributed by atoms with Crippen molar-refractivity contribution in [3.63, 3.8) is 0 Å². The number of fused-ring (bicyclic) bond motifs is 1. The number of hydrogen-bond acceptors (Lipinski definition) is 2. The predicted molar refractivity (Wildman–Crippen MR) is 144 cm³/mol. The molecule has 0 aromatic heterocycles. The molecule has 2 atom stereocenters. The Hall–Kier alpha value is -2.24. The predicted octanol–water partition coefficient (Wildman–Crippen LogP) is 7.87. The van der Waals surface area contributed by atoms with Crippen LogP contribution in [0.4, 0.5) is 16.2 Å². The van der Waals surface area contributed by atoms with Crippen LogP contribution in [-0.4, -0.2) is 30.1 Å². The fourth-order valence-corrected chi connectivity index (χ4v) is 6.45. The van der Waals surface area contributed by atoms with Crippen molar-refractivity contribution in [1.29, 1.82) is 0 Å². The summed E-state index contributed by atoms with van der Waals surface area (Å²) in [5, 5.41) is 4.56. The molecule has 4 nitrogen and oxygen atoms in total. The minimum atomic E-state index is -0.242. The molecule has 2 heterocycles. The van der Waals surface area contributed by atoms with E-state index in [0.717, 1.165) is 41.5 Å². The Balaban J connectivity index is 1.56. The molecule has 2 fully saturated rings. The molecule has 2 aliphatic heterocycles. The van der Waals surface area contributed by atoms with Crippen LogP contribution >= 0.6 is 34.8 Å². The Labute approximate surface area is 220 Å². The maximum atomic E-state index is 13.3. The van der Waals surface area contributed by atoms with Crippen molar-refractivity contribution in [3.05, 3.63) is 80.8 Å². The molecular formula is C28H26Cl3N3O. The van der Waals surface area contributed by atoms with E-state index < -0.39 is 0 Å². The molecule has 180 valence electrons. The van der Waals surface area contributed by atoms with Gasteiger partial charge in [0.15, 0.2) is 0 Å². The molecule has 0 radical (unpaired) electrons. The minimum absolute atomic E-state index is 0.242. The normalized spacial score (nSPS) is 22.3. The molecule has 0 spiro atoms. The fraction of sp³-hybridized carbons (Fsp3) is 0.321. The van der Waals surface area contributed by atoms with Gasteiger partial charge in [0.2, 0.25) is 0 Å². The van der Waals surface area contributed by atoms with Crippen LogP contribution in [0.5, 0.6) is 0 Å². The second-order valence-corrected chi connectivity index (χ2v) is 11.1. The highest BCUT2D eigenvalue weighted by molar-refractivity contribution is 6.40.